The summed E-state index contributed by atoms with van der Waals surface area (Å²) < 4.78 is 14.2. The zero-order chi connectivity index (χ0) is 14.5. The van der Waals surface area contributed by atoms with Crippen LogP contribution in [0.15, 0.2) is 36.5 Å². The molecule has 0 aliphatic heterocycles. The molecule has 0 spiro atoms. The third kappa shape index (κ3) is 3.56. The Morgan fingerprint density at radius 1 is 1.30 bits per heavy atom. The lowest BCUT2D eigenvalue weighted by atomic mass is 9.98. The second kappa shape index (κ2) is 6.82. The van der Waals surface area contributed by atoms with Gasteiger partial charge >= 0.3 is 0 Å². The molecule has 2 rings (SSSR count). The molecule has 1 unspecified atom stereocenters. The van der Waals surface area contributed by atoms with Crippen LogP contribution in [0.5, 0.6) is 0 Å². The number of halogens is 2. The van der Waals surface area contributed by atoms with Crippen molar-refractivity contribution in [3.63, 3.8) is 0 Å². The molecule has 2 aromatic rings. The van der Waals surface area contributed by atoms with E-state index in [1.807, 2.05) is 19.1 Å². The van der Waals surface area contributed by atoms with Crippen LogP contribution >= 0.6 is 11.6 Å². The predicted molar refractivity (Wildman–Crippen MR) is 80.5 cm³/mol. The number of pyridine rings is 1. The highest BCUT2D eigenvalue weighted by atomic mass is 35.5. The van der Waals surface area contributed by atoms with Crippen LogP contribution in [0.2, 0.25) is 5.02 Å². The van der Waals surface area contributed by atoms with E-state index in [9.17, 15) is 4.39 Å². The minimum Gasteiger partial charge on any atom is -0.306 e. The topological polar surface area (TPSA) is 24.9 Å². The summed E-state index contributed by atoms with van der Waals surface area (Å²) in [7, 11) is 0. The zero-order valence-electron chi connectivity index (χ0n) is 11.7. The largest absolute Gasteiger partial charge is 0.306 e. The van der Waals surface area contributed by atoms with Gasteiger partial charge in [-0.15, -0.1) is 0 Å². The van der Waals surface area contributed by atoms with E-state index < -0.39 is 0 Å². The Labute approximate surface area is 124 Å². The molecular weight excluding hydrogens is 275 g/mol. The first-order valence-electron chi connectivity index (χ1n) is 6.72. The minimum atomic E-state index is -0.291. The Bertz CT molecular complexity index is 586. The average molecular weight is 293 g/mol. The number of hydrogen-bond acceptors (Lipinski definition) is 2. The third-order valence-electron chi connectivity index (χ3n) is 3.13. The van der Waals surface area contributed by atoms with E-state index in [0.717, 1.165) is 24.2 Å². The second-order valence-electron chi connectivity index (χ2n) is 4.78. The van der Waals surface area contributed by atoms with Gasteiger partial charge in [-0.3, -0.25) is 4.98 Å². The van der Waals surface area contributed by atoms with Gasteiger partial charge in [0.2, 0.25) is 0 Å². The molecule has 1 aromatic carbocycles. The van der Waals surface area contributed by atoms with E-state index in [2.05, 4.69) is 17.2 Å². The zero-order valence-corrected chi connectivity index (χ0v) is 12.4. The molecule has 0 saturated carbocycles. The highest BCUT2D eigenvalue weighted by Crippen LogP contribution is 2.26. The SMILES string of the molecule is CCCNC(c1ccnc(C)c1)c1ccc(Cl)cc1F. The predicted octanol–water partition coefficient (Wildman–Crippen LogP) is 4.27. The van der Waals surface area contributed by atoms with Crippen LogP contribution in [0.25, 0.3) is 0 Å². The molecule has 0 aliphatic carbocycles. The van der Waals surface area contributed by atoms with E-state index in [-0.39, 0.29) is 11.9 Å². The van der Waals surface area contributed by atoms with Gasteiger partial charge in [-0.25, -0.2) is 4.39 Å². The van der Waals surface area contributed by atoms with Gasteiger partial charge in [0.25, 0.3) is 0 Å². The standard InChI is InChI=1S/C16H18ClFN2/c1-3-7-20-16(12-6-8-19-11(2)9-12)14-5-4-13(17)10-15(14)18/h4-6,8-10,16,20H,3,7H2,1-2H3. The van der Waals surface area contributed by atoms with E-state index in [1.54, 1.807) is 18.3 Å². The fourth-order valence-corrected chi connectivity index (χ4v) is 2.34. The fraction of sp³-hybridized carbons (Fsp3) is 0.312. The van der Waals surface area contributed by atoms with Crippen molar-refractivity contribution in [2.75, 3.05) is 6.54 Å². The molecule has 4 heteroatoms. The Kier molecular flexibility index (Phi) is 5.10. The summed E-state index contributed by atoms with van der Waals surface area (Å²) in [5, 5.41) is 3.79. The van der Waals surface area contributed by atoms with Crippen molar-refractivity contribution < 1.29 is 4.39 Å². The summed E-state index contributed by atoms with van der Waals surface area (Å²) >= 11 is 5.83. The van der Waals surface area contributed by atoms with Crippen molar-refractivity contribution in [2.45, 2.75) is 26.3 Å². The smallest absolute Gasteiger partial charge is 0.129 e. The van der Waals surface area contributed by atoms with E-state index in [0.29, 0.717) is 10.6 Å². The van der Waals surface area contributed by atoms with Crippen LogP contribution in [0.4, 0.5) is 4.39 Å². The Morgan fingerprint density at radius 3 is 2.75 bits per heavy atom. The van der Waals surface area contributed by atoms with Crippen LogP contribution in [0.3, 0.4) is 0 Å². The van der Waals surface area contributed by atoms with Gasteiger partial charge in [-0.05, 0) is 49.7 Å². The fourth-order valence-electron chi connectivity index (χ4n) is 2.18. The number of benzene rings is 1. The lowest BCUT2D eigenvalue weighted by Crippen LogP contribution is -2.24. The van der Waals surface area contributed by atoms with Crippen LogP contribution in [-0.4, -0.2) is 11.5 Å². The minimum absolute atomic E-state index is 0.186. The van der Waals surface area contributed by atoms with E-state index >= 15 is 0 Å². The number of nitrogens with zero attached hydrogens (tertiary/aromatic N) is 1. The molecule has 0 amide bonds. The number of hydrogen-bond donors (Lipinski definition) is 1. The van der Waals surface area contributed by atoms with Crippen molar-refractivity contribution in [3.05, 3.63) is 64.2 Å². The van der Waals surface area contributed by atoms with Crippen molar-refractivity contribution in [2.24, 2.45) is 0 Å². The van der Waals surface area contributed by atoms with Crippen molar-refractivity contribution >= 4 is 11.6 Å². The van der Waals surface area contributed by atoms with Crippen molar-refractivity contribution in [3.8, 4) is 0 Å². The van der Waals surface area contributed by atoms with E-state index in [1.165, 1.54) is 6.07 Å². The lowest BCUT2D eigenvalue weighted by Gasteiger charge is -2.20. The van der Waals surface area contributed by atoms with Crippen LogP contribution < -0.4 is 5.32 Å². The van der Waals surface area contributed by atoms with Gasteiger partial charge in [0.15, 0.2) is 0 Å². The first kappa shape index (κ1) is 14.9. The quantitative estimate of drug-likeness (QED) is 0.890. The Balaban J connectivity index is 2.41. The number of nitrogens with one attached hydrogen (secondary N) is 1. The molecular formula is C16H18ClFN2. The maximum Gasteiger partial charge on any atom is 0.129 e. The van der Waals surface area contributed by atoms with Gasteiger partial charge in [0.1, 0.15) is 5.82 Å². The Morgan fingerprint density at radius 2 is 2.10 bits per heavy atom. The highest BCUT2D eigenvalue weighted by molar-refractivity contribution is 6.30. The molecule has 0 radical (unpaired) electrons. The summed E-state index contributed by atoms with van der Waals surface area (Å²) in [6, 6.07) is 8.50. The molecule has 1 N–H and O–H groups in total. The number of rotatable bonds is 5. The molecule has 106 valence electrons. The van der Waals surface area contributed by atoms with Crippen LogP contribution in [0, 0.1) is 12.7 Å². The first-order chi connectivity index (χ1) is 9.61. The normalized spacial score (nSPS) is 12.4. The van der Waals surface area contributed by atoms with E-state index in [4.69, 9.17) is 11.6 Å². The highest BCUT2D eigenvalue weighted by Gasteiger charge is 2.17. The van der Waals surface area contributed by atoms with Crippen molar-refractivity contribution in [1.29, 1.82) is 0 Å². The summed E-state index contributed by atoms with van der Waals surface area (Å²) in [4.78, 5) is 4.19. The van der Waals surface area contributed by atoms with Gasteiger partial charge in [0.05, 0.1) is 6.04 Å². The molecule has 1 aromatic heterocycles. The lowest BCUT2D eigenvalue weighted by molar-refractivity contribution is 0.546. The summed E-state index contributed by atoms with van der Waals surface area (Å²) in [5.74, 6) is -0.291. The average Bonchev–Trinajstić information content (AvgIpc) is 2.41. The van der Waals surface area contributed by atoms with Gasteiger partial charge < -0.3 is 5.32 Å². The molecule has 20 heavy (non-hydrogen) atoms. The summed E-state index contributed by atoms with van der Waals surface area (Å²) in [6.45, 7) is 4.83. The molecule has 0 fully saturated rings. The van der Waals surface area contributed by atoms with Gasteiger partial charge in [-0.2, -0.15) is 0 Å². The first-order valence-corrected chi connectivity index (χ1v) is 7.10. The third-order valence-corrected chi connectivity index (χ3v) is 3.36. The summed E-state index contributed by atoms with van der Waals surface area (Å²) in [5.41, 5.74) is 2.53. The monoisotopic (exact) mass is 292 g/mol. The molecule has 0 saturated heterocycles. The molecule has 1 heterocycles. The maximum atomic E-state index is 14.2. The molecule has 1 atom stereocenters. The van der Waals surface area contributed by atoms with Gasteiger partial charge in [0, 0.05) is 22.5 Å². The van der Waals surface area contributed by atoms with Crippen LogP contribution in [-0.2, 0) is 0 Å². The maximum absolute atomic E-state index is 14.2. The molecule has 0 aliphatic rings. The van der Waals surface area contributed by atoms with Gasteiger partial charge in [-0.1, -0.05) is 24.6 Å². The summed E-state index contributed by atoms with van der Waals surface area (Å²) in [6.07, 6.45) is 2.73. The molecule has 2 nitrogen and oxygen atoms in total. The Hall–Kier alpha value is -1.45. The van der Waals surface area contributed by atoms with Crippen molar-refractivity contribution in [1.82, 2.24) is 10.3 Å². The number of aryl methyl sites for hydroxylation is 1. The van der Waals surface area contributed by atoms with Crippen LogP contribution in [0.1, 0.15) is 36.2 Å². The second-order valence-corrected chi connectivity index (χ2v) is 5.22. The number of aromatic nitrogens is 1. The molecule has 0 bridgehead atoms.